The Morgan fingerprint density at radius 3 is 2.78 bits per heavy atom. The van der Waals surface area contributed by atoms with Gasteiger partial charge >= 0.3 is 5.97 Å². The van der Waals surface area contributed by atoms with Crippen molar-refractivity contribution in [1.82, 2.24) is 10.1 Å². The van der Waals surface area contributed by atoms with Gasteiger partial charge < -0.3 is 14.4 Å². The van der Waals surface area contributed by atoms with Crippen molar-refractivity contribution in [3.05, 3.63) is 53.2 Å². The van der Waals surface area contributed by atoms with Crippen molar-refractivity contribution in [2.24, 2.45) is 0 Å². The first-order chi connectivity index (χ1) is 11.2. The maximum atomic E-state index is 10.5. The van der Waals surface area contributed by atoms with Crippen molar-refractivity contribution in [2.75, 3.05) is 0 Å². The van der Waals surface area contributed by atoms with E-state index in [9.17, 15) is 4.79 Å². The van der Waals surface area contributed by atoms with Gasteiger partial charge in [0.25, 0.3) is 5.89 Å². The number of aromatic nitrogens is 2. The zero-order valence-corrected chi connectivity index (χ0v) is 13.0. The molecule has 1 aromatic carbocycles. The Hall–Kier alpha value is -2.67. The van der Waals surface area contributed by atoms with Gasteiger partial charge in [0.05, 0.1) is 4.88 Å². The van der Waals surface area contributed by atoms with Gasteiger partial charge in [0.15, 0.2) is 6.61 Å². The molecule has 0 atom stereocenters. The van der Waals surface area contributed by atoms with Gasteiger partial charge in [-0.1, -0.05) is 23.4 Å². The molecular formula is C16H14N2O4S. The van der Waals surface area contributed by atoms with Crippen LogP contribution in [-0.2, 0) is 17.8 Å². The highest BCUT2D eigenvalue weighted by Crippen LogP contribution is 2.22. The van der Waals surface area contributed by atoms with Crippen molar-refractivity contribution < 1.29 is 19.2 Å². The Bertz CT molecular complexity index is 766. The monoisotopic (exact) mass is 330 g/mol. The highest BCUT2D eigenvalue weighted by atomic mass is 32.1. The summed E-state index contributed by atoms with van der Waals surface area (Å²) in [6.45, 7) is 0.187. The number of aryl methyl sites for hydroxylation is 1. The smallest absolute Gasteiger partial charge is 0.303 e. The molecule has 6 nitrogen and oxygen atoms in total. The fourth-order valence-corrected chi connectivity index (χ4v) is 2.62. The molecule has 2 heterocycles. The van der Waals surface area contributed by atoms with Gasteiger partial charge in [-0.2, -0.15) is 4.98 Å². The van der Waals surface area contributed by atoms with Crippen LogP contribution in [0, 0.1) is 0 Å². The van der Waals surface area contributed by atoms with Crippen molar-refractivity contribution >= 4 is 17.3 Å². The second-order valence-corrected chi connectivity index (χ2v) is 5.76. The first kappa shape index (κ1) is 15.2. The molecule has 3 rings (SSSR count). The topological polar surface area (TPSA) is 85.5 Å². The molecular weight excluding hydrogens is 316 g/mol. The van der Waals surface area contributed by atoms with Crippen LogP contribution in [0.15, 0.2) is 46.3 Å². The third kappa shape index (κ3) is 4.17. The summed E-state index contributed by atoms with van der Waals surface area (Å²) in [6, 6.07) is 11.2. The highest BCUT2D eigenvalue weighted by molar-refractivity contribution is 7.13. The van der Waals surface area contributed by atoms with Gasteiger partial charge in [0, 0.05) is 6.42 Å². The van der Waals surface area contributed by atoms with Crippen LogP contribution in [0.4, 0.5) is 0 Å². The second-order valence-electron chi connectivity index (χ2n) is 4.82. The molecule has 2 aromatic heterocycles. The number of aliphatic carboxylic acids is 1. The molecule has 3 aromatic rings. The molecule has 0 aliphatic carbocycles. The number of carboxylic acid groups (broad SMARTS) is 1. The molecule has 1 N–H and O–H groups in total. The van der Waals surface area contributed by atoms with Crippen molar-refractivity contribution in [3.63, 3.8) is 0 Å². The molecule has 0 aliphatic heterocycles. The predicted octanol–water partition coefficient (Wildman–Crippen LogP) is 3.39. The van der Waals surface area contributed by atoms with Gasteiger partial charge in [0.2, 0.25) is 5.82 Å². The van der Waals surface area contributed by atoms with Crippen molar-refractivity contribution in [2.45, 2.75) is 19.4 Å². The van der Waals surface area contributed by atoms with Crippen LogP contribution in [0.25, 0.3) is 10.7 Å². The van der Waals surface area contributed by atoms with Gasteiger partial charge in [-0.05, 0) is 35.6 Å². The van der Waals surface area contributed by atoms with E-state index in [1.54, 1.807) is 23.5 Å². The molecule has 0 spiro atoms. The molecule has 0 saturated heterocycles. The first-order valence-corrected chi connectivity index (χ1v) is 7.88. The number of carboxylic acids is 1. The number of rotatable bonds is 7. The van der Waals surface area contributed by atoms with E-state index in [0.717, 1.165) is 10.4 Å². The zero-order chi connectivity index (χ0) is 16.1. The minimum atomic E-state index is -0.803. The van der Waals surface area contributed by atoms with E-state index in [-0.39, 0.29) is 13.0 Å². The lowest BCUT2D eigenvalue weighted by molar-refractivity contribution is -0.136. The molecule has 118 valence electrons. The van der Waals surface area contributed by atoms with Crippen LogP contribution in [0.5, 0.6) is 5.75 Å². The van der Waals surface area contributed by atoms with E-state index in [1.165, 1.54) is 0 Å². The molecule has 0 bridgehead atoms. The van der Waals surface area contributed by atoms with E-state index >= 15 is 0 Å². The zero-order valence-electron chi connectivity index (χ0n) is 12.1. The molecule has 0 aliphatic rings. The van der Waals surface area contributed by atoms with E-state index in [2.05, 4.69) is 10.1 Å². The third-order valence-corrected chi connectivity index (χ3v) is 3.99. The second kappa shape index (κ2) is 7.06. The van der Waals surface area contributed by atoms with Crippen LogP contribution in [0.1, 0.15) is 17.9 Å². The normalized spacial score (nSPS) is 10.6. The van der Waals surface area contributed by atoms with Crippen LogP contribution in [0.3, 0.4) is 0 Å². The first-order valence-electron chi connectivity index (χ1n) is 7.01. The van der Waals surface area contributed by atoms with E-state index < -0.39 is 5.97 Å². The predicted molar refractivity (Wildman–Crippen MR) is 84.3 cm³/mol. The molecule has 0 fully saturated rings. The lowest BCUT2D eigenvalue weighted by Crippen LogP contribution is -1.98. The summed E-state index contributed by atoms with van der Waals surface area (Å²) in [4.78, 5) is 15.8. The van der Waals surface area contributed by atoms with E-state index in [0.29, 0.717) is 23.9 Å². The van der Waals surface area contributed by atoms with Gasteiger partial charge in [0.1, 0.15) is 5.75 Å². The molecule has 0 amide bonds. The van der Waals surface area contributed by atoms with Crippen molar-refractivity contribution in [3.8, 4) is 16.5 Å². The summed E-state index contributed by atoms with van der Waals surface area (Å²) in [5.74, 6) is 0.828. The van der Waals surface area contributed by atoms with E-state index in [1.807, 2.05) is 29.6 Å². The molecule has 0 unspecified atom stereocenters. The Morgan fingerprint density at radius 2 is 2.09 bits per heavy atom. The number of hydrogen-bond donors (Lipinski definition) is 1. The van der Waals surface area contributed by atoms with Crippen LogP contribution >= 0.6 is 11.3 Å². The fourth-order valence-electron chi connectivity index (χ4n) is 1.97. The fraction of sp³-hybridized carbons (Fsp3) is 0.188. The minimum absolute atomic E-state index is 0.119. The molecule has 23 heavy (non-hydrogen) atoms. The summed E-state index contributed by atoms with van der Waals surface area (Å²) >= 11 is 1.54. The van der Waals surface area contributed by atoms with Crippen molar-refractivity contribution in [1.29, 1.82) is 0 Å². The number of carbonyl (C=O) groups is 1. The van der Waals surface area contributed by atoms with Gasteiger partial charge in [-0.3, -0.25) is 4.79 Å². The SMILES string of the molecule is O=C(O)CCc1ccc(OCc2nc(-c3cccs3)no2)cc1. The van der Waals surface area contributed by atoms with Crippen LogP contribution < -0.4 is 4.74 Å². The Kier molecular flexibility index (Phi) is 4.68. The molecule has 7 heteroatoms. The largest absolute Gasteiger partial charge is 0.484 e. The van der Waals surface area contributed by atoms with Crippen LogP contribution in [0.2, 0.25) is 0 Å². The lowest BCUT2D eigenvalue weighted by Gasteiger charge is -2.04. The Balaban J connectivity index is 1.55. The summed E-state index contributed by atoms with van der Waals surface area (Å²) in [5.41, 5.74) is 0.956. The van der Waals surface area contributed by atoms with Gasteiger partial charge in [-0.25, -0.2) is 0 Å². The maximum absolute atomic E-state index is 10.5. The van der Waals surface area contributed by atoms with E-state index in [4.69, 9.17) is 14.4 Å². The summed E-state index contributed by atoms with van der Waals surface area (Å²) in [5, 5.41) is 14.5. The quantitative estimate of drug-likeness (QED) is 0.714. The standard InChI is InChI=1S/C16H14N2O4S/c19-15(20)8-5-11-3-6-12(7-4-11)21-10-14-17-16(18-22-14)13-2-1-9-23-13/h1-4,6-7,9H,5,8,10H2,(H,19,20). The summed E-state index contributed by atoms with van der Waals surface area (Å²) in [7, 11) is 0. The minimum Gasteiger partial charge on any atom is -0.484 e. The number of hydrogen-bond acceptors (Lipinski definition) is 6. The highest BCUT2D eigenvalue weighted by Gasteiger charge is 2.10. The Morgan fingerprint density at radius 1 is 1.26 bits per heavy atom. The molecule has 0 radical (unpaired) electrons. The lowest BCUT2D eigenvalue weighted by atomic mass is 10.1. The maximum Gasteiger partial charge on any atom is 0.303 e. The van der Waals surface area contributed by atoms with Crippen LogP contribution in [-0.4, -0.2) is 21.2 Å². The number of nitrogens with zero attached hydrogens (tertiary/aromatic N) is 2. The summed E-state index contributed by atoms with van der Waals surface area (Å²) < 4.78 is 10.7. The average Bonchev–Trinajstić information content (AvgIpc) is 3.23. The average molecular weight is 330 g/mol. The number of thiophene rings is 1. The Labute approximate surface area is 136 Å². The number of ether oxygens (including phenoxy) is 1. The third-order valence-electron chi connectivity index (χ3n) is 3.12. The summed E-state index contributed by atoms with van der Waals surface area (Å²) in [6.07, 6.45) is 0.622. The number of benzene rings is 1. The molecule has 0 saturated carbocycles. The van der Waals surface area contributed by atoms with Gasteiger partial charge in [-0.15, -0.1) is 11.3 Å².